The van der Waals surface area contributed by atoms with Gasteiger partial charge >= 0.3 is 0 Å². The topological polar surface area (TPSA) is 24.9 Å². The van der Waals surface area contributed by atoms with Crippen molar-refractivity contribution in [1.82, 2.24) is 10.3 Å². The van der Waals surface area contributed by atoms with E-state index in [0.29, 0.717) is 12.1 Å². The lowest BCUT2D eigenvalue weighted by molar-refractivity contribution is 0.506. The van der Waals surface area contributed by atoms with Crippen molar-refractivity contribution in [2.75, 3.05) is 6.54 Å². The van der Waals surface area contributed by atoms with Crippen LogP contribution in [0, 0.1) is 18.6 Å². The third-order valence-corrected chi connectivity index (χ3v) is 3.03. The van der Waals surface area contributed by atoms with Gasteiger partial charge in [-0.15, -0.1) is 0 Å². The van der Waals surface area contributed by atoms with E-state index in [1.165, 1.54) is 12.1 Å². The van der Waals surface area contributed by atoms with Gasteiger partial charge in [0.25, 0.3) is 0 Å². The molecule has 2 nitrogen and oxygen atoms in total. The minimum absolute atomic E-state index is 0.0508. The number of benzene rings is 1. The molecular formula is C15H16F2N2. The first kappa shape index (κ1) is 13.6. The average Bonchev–Trinajstić information content (AvgIpc) is 2.43. The quantitative estimate of drug-likeness (QED) is 0.913. The lowest BCUT2D eigenvalue weighted by Gasteiger charge is -2.20. The molecule has 0 radical (unpaired) electrons. The van der Waals surface area contributed by atoms with Gasteiger partial charge in [-0.1, -0.05) is 19.1 Å². The molecule has 0 saturated heterocycles. The largest absolute Gasteiger partial charge is 0.306 e. The third kappa shape index (κ3) is 2.79. The molecule has 0 aliphatic carbocycles. The molecule has 4 heteroatoms. The summed E-state index contributed by atoms with van der Waals surface area (Å²) in [6.07, 6.45) is 3.25. The Morgan fingerprint density at radius 3 is 2.68 bits per heavy atom. The zero-order valence-corrected chi connectivity index (χ0v) is 11.0. The van der Waals surface area contributed by atoms with Crippen molar-refractivity contribution in [2.45, 2.75) is 19.9 Å². The molecule has 100 valence electrons. The summed E-state index contributed by atoms with van der Waals surface area (Å²) in [6.45, 7) is 4.13. The molecule has 2 aromatic rings. The molecule has 0 saturated carbocycles. The highest BCUT2D eigenvalue weighted by atomic mass is 19.1. The van der Waals surface area contributed by atoms with E-state index < -0.39 is 17.7 Å². The fraction of sp³-hybridized carbons (Fsp3) is 0.267. The van der Waals surface area contributed by atoms with Gasteiger partial charge < -0.3 is 5.32 Å². The number of hydrogen-bond acceptors (Lipinski definition) is 2. The highest BCUT2D eigenvalue weighted by Crippen LogP contribution is 2.28. The van der Waals surface area contributed by atoms with Gasteiger partial charge in [0.05, 0.1) is 6.04 Å². The SMILES string of the molecule is CCNC(c1cccnc1)c1c(F)ccc(C)c1F. The van der Waals surface area contributed by atoms with Crippen molar-refractivity contribution in [3.05, 3.63) is 65.0 Å². The minimum Gasteiger partial charge on any atom is -0.306 e. The molecular weight excluding hydrogens is 246 g/mol. The monoisotopic (exact) mass is 262 g/mol. The van der Waals surface area contributed by atoms with Crippen LogP contribution in [0.5, 0.6) is 0 Å². The third-order valence-electron chi connectivity index (χ3n) is 3.03. The molecule has 0 bridgehead atoms. The Bertz CT molecular complexity index is 556. The predicted octanol–water partition coefficient (Wildman–Crippen LogP) is 3.37. The summed E-state index contributed by atoms with van der Waals surface area (Å²) in [5.41, 5.74) is 1.23. The number of aryl methyl sites for hydroxylation is 1. The molecule has 1 aromatic heterocycles. The molecule has 0 aliphatic rings. The number of pyridine rings is 1. The first-order chi connectivity index (χ1) is 9.15. The van der Waals surface area contributed by atoms with Gasteiger partial charge in [0.15, 0.2) is 0 Å². The first-order valence-electron chi connectivity index (χ1n) is 6.23. The fourth-order valence-electron chi connectivity index (χ4n) is 2.08. The number of nitrogens with zero attached hydrogens (tertiary/aromatic N) is 1. The van der Waals surface area contributed by atoms with Crippen LogP contribution in [0.15, 0.2) is 36.7 Å². The molecule has 1 aromatic carbocycles. The zero-order valence-electron chi connectivity index (χ0n) is 11.0. The summed E-state index contributed by atoms with van der Waals surface area (Å²) in [7, 11) is 0. The molecule has 0 amide bonds. The van der Waals surface area contributed by atoms with Crippen LogP contribution in [-0.2, 0) is 0 Å². The van der Waals surface area contributed by atoms with E-state index in [2.05, 4.69) is 10.3 Å². The average molecular weight is 262 g/mol. The summed E-state index contributed by atoms with van der Waals surface area (Å²) >= 11 is 0. The Balaban J connectivity index is 2.54. The van der Waals surface area contributed by atoms with Crippen LogP contribution in [0.2, 0.25) is 0 Å². The van der Waals surface area contributed by atoms with E-state index in [0.717, 1.165) is 5.56 Å². The number of aromatic nitrogens is 1. The van der Waals surface area contributed by atoms with Crippen LogP contribution in [-0.4, -0.2) is 11.5 Å². The van der Waals surface area contributed by atoms with Crippen LogP contribution in [0.3, 0.4) is 0 Å². The van der Waals surface area contributed by atoms with Crippen molar-refractivity contribution < 1.29 is 8.78 Å². The Morgan fingerprint density at radius 2 is 2.05 bits per heavy atom. The van der Waals surface area contributed by atoms with Crippen LogP contribution >= 0.6 is 0 Å². The van der Waals surface area contributed by atoms with E-state index in [1.54, 1.807) is 25.4 Å². The van der Waals surface area contributed by atoms with Gasteiger partial charge in [0.2, 0.25) is 0 Å². The van der Waals surface area contributed by atoms with Crippen LogP contribution < -0.4 is 5.32 Å². The normalized spacial score (nSPS) is 12.4. The maximum absolute atomic E-state index is 14.2. The number of rotatable bonds is 4. The second-order valence-corrected chi connectivity index (χ2v) is 4.37. The van der Waals surface area contributed by atoms with Gasteiger partial charge in [-0.2, -0.15) is 0 Å². The van der Waals surface area contributed by atoms with Gasteiger partial charge in [0, 0.05) is 18.0 Å². The van der Waals surface area contributed by atoms with Crippen LogP contribution in [0.1, 0.15) is 29.7 Å². The Hall–Kier alpha value is -1.81. The van der Waals surface area contributed by atoms with Crippen molar-refractivity contribution in [2.24, 2.45) is 0 Å². The summed E-state index contributed by atoms with van der Waals surface area (Å²) in [5.74, 6) is -1.05. The maximum atomic E-state index is 14.2. The van der Waals surface area contributed by atoms with Gasteiger partial charge in [-0.3, -0.25) is 4.98 Å². The number of hydrogen-bond donors (Lipinski definition) is 1. The van der Waals surface area contributed by atoms with Crippen LogP contribution in [0.25, 0.3) is 0 Å². The minimum atomic E-state index is -0.544. The standard InChI is InChI=1S/C15H16F2N2/c1-3-19-15(11-5-4-8-18-9-11)13-12(16)7-6-10(2)14(13)17/h4-9,15,19H,3H2,1-2H3. The number of halogens is 2. The first-order valence-corrected chi connectivity index (χ1v) is 6.23. The summed E-state index contributed by atoms with van der Waals surface area (Å²) in [5, 5.41) is 3.10. The zero-order chi connectivity index (χ0) is 13.8. The lowest BCUT2D eigenvalue weighted by Crippen LogP contribution is -2.24. The Morgan fingerprint density at radius 1 is 1.26 bits per heavy atom. The van der Waals surface area contributed by atoms with Gasteiger partial charge in [-0.25, -0.2) is 8.78 Å². The lowest BCUT2D eigenvalue weighted by atomic mass is 9.97. The molecule has 19 heavy (non-hydrogen) atoms. The van der Waals surface area contributed by atoms with E-state index >= 15 is 0 Å². The molecule has 1 N–H and O–H groups in total. The summed E-state index contributed by atoms with van der Waals surface area (Å²) < 4.78 is 28.2. The molecule has 0 spiro atoms. The van der Waals surface area contributed by atoms with Crippen molar-refractivity contribution in [3.8, 4) is 0 Å². The van der Waals surface area contributed by atoms with Crippen molar-refractivity contribution in [3.63, 3.8) is 0 Å². The van der Waals surface area contributed by atoms with E-state index in [1.807, 2.05) is 13.0 Å². The highest BCUT2D eigenvalue weighted by Gasteiger charge is 2.22. The smallest absolute Gasteiger partial charge is 0.134 e. The molecule has 2 rings (SSSR count). The Labute approximate surface area is 111 Å². The maximum Gasteiger partial charge on any atom is 0.134 e. The van der Waals surface area contributed by atoms with Gasteiger partial charge in [0.1, 0.15) is 11.6 Å². The summed E-state index contributed by atoms with van der Waals surface area (Å²) in [4.78, 5) is 4.01. The van der Waals surface area contributed by atoms with E-state index in [-0.39, 0.29) is 5.56 Å². The molecule has 1 heterocycles. The van der Waals surface area contributed by atoms with Crippen molar-refractivity contribution >= 4 is 0 Å². The van der Waals surface area contributed by atoms with E-state index in [9.17, 15) is 8.78 Å². The molecule has 0 aliphatic heterocycles. The molecule has 1 unspecified atom stereocenters. The fourth-order valence-corrected chi connectivity index (χ4v) is 2.08. The highest BCUT2D eigenvalue weighted by molar-refractivity contribution is 5.35. The van der Waals surface area contributed by atoms with E-state index in [4.69, 9.17) is 0 Å². The second kappa shape index (κ2) is 5.89. The summed E-state index contributed by atoms with van der Waals surface area (Å²) in [6, 6.07) is 5.78. The predicted molar refractivity (Wildman–Crippen MR) is 70.9 cm³/mol. The second-order valence-electron chi connectivity index (χ2n) is 4.37. The molecule has 0 fully saturated rings. The molecule has 1 atom stereocenters. The van der Waals surface area contributed by atoms with Crippen LogP contribution in [0.4, 0.5) is 8.78 Å². The van der Waals surface area contributed by atoms with Gasteiger partial charge in [-0.05, 0) is 36.7 Å². The number of nitrogens with one attached hydrogen (secondary N) is 1. The van der Waals surface area contributed by atoms with Crippen molar-refractivity contribution in [1.29, 1.82) is 0 Å². The Kier molecular flexibility index (Phi) is 4.22.